The summed E-state index contributed by atoms with van der Waals surface area (Å²) in [6.07, 6.45) is 0. The third-order valence-corrected chi connectivity index (χ3v) is 5.18. The molecule has 0 aliphatic heterocycles. The van der Waals surface area contributed by atoms with Crippen LogP contribution in [0.4, 0.5) is 5.69 Å². The first kappa shape index (κ1) is 18.0. The molecule has 1 heterocycles. The molecule has 2 N–H and O–H groups in total. The Morgan fingerprint density at radius 2 is 1.64 bits per heavy atom. The van der Waals surface area contributed by atoms with Crippen LogP contribution in [-0.4, -0.2) is 21.6 Å². The molecule has 0 spiro atoms. The molecule has 0 radical (unpaired) electrons. The number of rotatable bonds is 5. The van der Waals surface area contributed by atoms with Crippen molar-refractivity contribution in [3.05, 3.63) is 89.2 Å². The Labute approximate surface area is 165 Å². The molecule has 1 aromatic heterocycles. The first-order valence-electron chi connectivity index (χ1n) is 8.76. The average Bonchev–Trinajstić information content (AvgIpc) is 2.73. The lowest BCUT2D eigenvalue weighted by atomic mass is 10.1. The Hall–Kier alpha value is -3.38. The van der Waals surface area contributed by atoms with Crippen LogP contribution >= 0.6 is 11.8 Å². The summed E-state index contributed by atoms with van der Waals surface area (Å²) in [6.45, 7) is 0. The van der Waals surface area contributed by atoms with Crippen LogP contribution in [0.3, 0.4) is 0 Å². The highest BCUT2D eigenvalue weighted by molar-refractivity contribution is 8.00. The van der Waals surface area contributed by atoms with E-state index in [4.69, 9.17) is 0 Å². The van der Waals surface area contributed by atoms with Gasteiger partial charge in [0.15, 0.2) is 0 Å². The molecule has 5 nitrogen and oxygen atoms in total. The number of para-hydroxylation sites is 1. The molecule has 138 valence electrons. The fourth-order valence-electron chi connectivity index (χ4n) is 2.80. The van der Waals surface area contributed by atoms with Crippen molar-refractivity contribution in [2.45, 2.75) is 4.90 Å². The summed E-state index contributed by atoms with van der Waals surface area (Å²) in [5.41, 5.74) is 1.96. The first-order valence-corrected chi connectivity index (χ1v) is 9.75. The number of anilines is 1. The van der Waals surface area contributed by atoms with Crippen LogP contribution in [0.2, 0.25) is 0 Å². The molecule has 0 aliphatic rings. The summed E-state index contributed by atoms with van der Waals surface area (Å²) in [5.74, 6) is 0.769. The molecule has 0 unspecified atom stereocenters. The predicted octanol–water partition coefficient (Wildman–Crippen LogP) is 4.32. The molecule has 3 aromatic carbocycles. The zero-order valence-electron chi connectivity index (χ0n) is 14.9. The molecular formula is C22H17N3O2S. The second kappa shape index (κ2) is 8.10. The highest BCUT2D eigenvalue weighted by atomic mass is 32.2. The van der Waals surface area contributed by atoms with Crippen LogP contribution < -0.4 is 10.9 Å². The quantitative estimate of drug-likeness (QED) is 0.500. The van der Waals surface area contributed by atoms with Crippen molar-refractivity contribution < 1.29 is 4.79 Å². The monoisotopic (exact) mass is 387 g/mol. The second-order valence-corrected chi connectivity index (χ2v) is 7.21. The largest absolute Gasteiger partial charge is 0.325 e. The molecule has 4 aromatic rings. The topological polar surface area (TPSA) is 74.8 Å². The Morgan fingerprint density at radius 1 is 0.929 bits per heavy atom. The molecule has 0 bridgehead atoms. The van der Waals surface area contributed by atoms with Crippen molar-refractivity contribution in [1.29, 1.82) is 0 Å². The van der Waals surface area contributed by atoms with Crippen molar-refractivity contribution in [2.75, 3.05) is 11.1 Å². The summed E-state index contributed by atoms with van der Waals surface area (Å²) < 4.78 is 0. The maximum absolute atomic E-state index is 12.2. The van der Waals surface area contributed by atoms with Crippen molar-refractivity contribution >= 4 is 34.3 Å². The number of fused-ring (bicyclic) bond motifs is 1. The summed E-state index contributed by atoms with van der Waals surface area (Å²) >= 11 is 1.49. The fourth-order valence-corrected chi connectivity index (χ4v) is 3.52. The van der Waals surface area contributed by atoms with Crippen molar-refractivity contribution in [2.24, 2.45) is 0 Å². The summed E-state index contributed by atoms with van der Waals surface area (Å²) in [7, 11) is 0. The van der Waals surface area contributed by atoms with Gasteiger partial charge in [0.2, 0.25) is 5.91 Å². The Bertz CT molecular complexity index is 1170. The second-order valence-electron chi connectivity index (χ2n) is 6.16. The van der Waals surface area contributed by atoms with E-state index in [0.29, 0.717) is 28.2 Å². The molecule has 0 atom stereocenters. The molecule has 4 rings (SSSR count). The minimum absolute atomic E-state index is 0.0705. The number of amides is 1. The normalized spacial score (nSPS) is 10.7. The standard InChI is InChI=1S/C22H17N3O2S/c26-20(14-28-17-6-2-1-3-7-17)23-16-12-10-15(11-13-16)21-24-19-9-5-4-8-18(19)22(27)25-21/h1-13H,14H2,(H,23,26)(H,24,25,27). The number of carbonyl (C=O) groups is 1. The highest BCUT2D eigenvalue weighted by Gasteiger charge is 2.07. The fraction of sp³-hybridized carbons (Fsp3) is 0.0455. The maximum Gasteiger partial charge on any atom is 0.259 e. The third-order valence-electron chi connectivity index (χ3n) is 4.17. The van der Waals surface area contributed by atoms with Crippen molar-refractivity contribution in [3.8, 4) is 11.4 Å². The van der Waals surface area contributed by atoms with Crippen molar-refractivity contribution in [3.63, 3.8) is 0 Å². The number of hydrogen-bond acceptors (Lipinski definition) is 4. The maximum atomic E-state index is 12.2. The Kier molecular flexibility index (Phi) is 5.21. The van der Waals surface area contributed by atoms with E-state index in [2.05, 4.69) is 15.3 Å². The summed E-state index contributed by atoms with van der Waals surface area (Å²) in [5, 5.41) is 3.44. The van der Waals surface area contributed by atoms with Gasteiger partial charge in [-0.1, -0.05) is 30.3 Å². The van der Waals surface area contributed by atoms with E-state index in [-0.39, 0.29) is 11.5 Å². The predicted molar refractivity (Wildman–Crippen MR) is 114 cm³/mol. The molecule has 0 saturated heterocycles. The number of thioether (sulfide) groups is 1. The van der Waals surface area contributed by atoms with Crippen LogP contribution in [0.5, 0.6) is 0 Å². The van der Waals surface area contributed by atoms with E-state index in [1.165, 1.54) is 11.8 Å². The smallest absolute Gasteiger partial charge is 0.259 e. The van der Waals surface area contributed by atoms with E-state index < -0.39 is 0 Å². The third kappa shape index (κ3) is 4.13. The van der Waals surface area contributed by atoms with Crippen LogP contribution in [-0.2, 0) is 4.79 Å². The van der Waals surface area contributed by atoms with Crippen LogP contribution in [0.25, 0.3) is 22.3 Å². The molecule has 28 heavy (non-hydrogen) atoms. The summed E-state index contributed by atoms with van der Waals surface area (Å²) in [4.78, 5) is 32.7. The highest BCUT2D eigenvalue weighted by Crippen LogP contribution is 2.20. The molecule has 0 fully saturated rings. The molecule has 1 amide bonds. The molecular weight excluding hydrogens is 370 g/mol. The lowest BCUT2D eigenvalue weighted by Gasteiger charge is -2.07. The number of nitrogens with zero attached hydrogens (tertiary/aromatic N) is 1. The zero-order chi connectivity index (χ0) is 19.3. The summed E-state index contributed by atoms with van der Waals surface area (Å²) in [6, 6.07) is 24.3. The number of nitrogens with one attached hydrogen (secondary N) is 2. The van der Waals surface area contributed by atoms with Gasteiger partial charge in [-0.2, -0.15) is 0 Å². The minimum Gasteiger partial charge on any atom is -0.325 e. The Morgan fingerprint density at radius 3 is 2.43 bits per heavy atom. The van der Waals surface area contributed by atoms with Crippen molar-refractivity contribution in [1.82, 2.24) is 9.97 Å². The van der Waals surface area contributed by atoms with Gasteiger partial charge in [-0.3, -0.25) is 9.59 Å². The van der Waals surface area contributed by atoms with Gasteiger partial charge < -0.3 is 10.3 Å². The van der Waals surface area contributed by atoms with Crippen LogP contribution in [0.15, 0.2) is 88.6 Å². The number of aromatic amines is 1. The molecule has 0 aliphatic carbocycles. The minimum atomic E-state index is -0.170. The van der Waals surface area contributed by atoms with E-state index in [9.17, 15) is 9.59 Å². The van der Waals surface area contributed by atoms with Crippen LogP contribution in [0, 0.1) is 0 Å². The SMILES string of the molecule is O=C(CSc1ccccc1)Nc1ccc(-c2nc3ccccc3c(=O)[nH]2)cc1. The molecule has 6 heteroatoms. The van der Waals surface area contributed by atoms with E-state index in [1.807, 2.05) is 60.7 Å². The average molecular weight is 387 g/mol. The van der Waals surface area contributed by atoms with Gasteiger partial charge in [-0.25, -0.2) is 4.98 Å². The van der Waals surface area contributed by atoms with E-state index in [0.717, 1.165) is 10.5 Å². The van der Waals surface area contributed by atoms with Gasteiger partial charge in [0.05, 0.1) is 16.7 Å². The zero-order valence-corrected chi connectivity index (χ0v) is 15.7. The van der Waals surface area contributed by atoms with Gasteiger partial charge in [-0.05, 0) is 48.5 Å². The lowest BCUT2D eigenvalue weighted by molar-refractivity contribution is -0.113. The van der Waals surface area contributed by atoms with Gasteiger partial charge in [0.25, 0.3) is 5.56 Å². The number of carbonyl (C=O) groups excluding carboxylic acids is 1. The number of benzene rings is 3. The lowest BCUT2D eigenvalue weighted by Crippen LogP contribution is -2.14. The molecule has 0 saturated carbocycles. The van der Waals surface area contributed by atoms with Crippen LogP contribution in [0.1, 0.15) is 0 Å². The Balaban J connectivity index is 1.45. The van der Waals surface area contributed by atoms with E-state index >= 15 is 0 Å². The number of hydrogen-bond donors (Lipinski definition) is 2. The first-order chi connectivity index (χ1) is 13.7. The van der Waals surface area contributed by atoms with Gasteiger partial charge in [-0.15, -0.1) is 11.8 Å². The van der Waals surface area contributed by atoms with E-state index in [1.54, 1.807) is 18.2 Å². The van der Waals surface area contributed by atoms with Gasteiger partial charge >= 0.3 is 0 Å². The van der Waals surface area contributed by atoms with Gasteiger partial charge in [0, 0.05) is 16.1 Å². The number of H-pyrrole nitrogens is 1. The number of aromatic nitrogens is 2. The van der Waals surface area contributed by atoms with Gasteiger partial charge in [0.1, 0.15) is 5.82 Å².